The van der Waals surface area contributed by atoms with Crippen LogP contribution in [0.2, 0.25) is 0 Å². The lowest BCUT2D eigenvalue weighted by Crippen LogP contribution is -2.49. The first-order chi connectivity index (χ1) is 12.0. The standard InChI is InChI=1S/C18H17FN2O4/c19-15-5-2-4-14(12-15)18(7-9-25-10-8-18)20-17(22)13-3-1-6-16(11-13)21(23)24/h1-6,11-12H,7-10H2,(H,20,22). The molecule has 1 fully saturated rings. The van der Waals surface area contributed by atoms with Gasteiger partial charge in [0.15, 0.2) is 0 Å². The summed E-state index contributed by atoms with van der Waals surface area (Å²) >= 11 is 0. The van der Waals surface area contributed by atoms with E-state index in [4.69, 9.17) is 4.74 Å². The molecule has 1 aliphatic heterocycles. The maximum absolute atomic E-state index is 13.7. The van der Waals surface area contributed by atoms with Crippen molar-refractivity contribution in [2.75, 3.05) is 13.2 Å². The molecule has 0 radical (unpaired) electrons. The van der Waals surface area contributed by atoms with Gasteiger partial charge in [-0.15, -0.1) is 0 Å². The molecule has 0 saturated carbocycles. The molecule has 1 aliphatic rings. The highest BCUT2D eigenvalue weighted by Crippen LogP contribution is 2.33. The van der Waals surface area contributed by atoms with Gasteiger partial charge in [-0.05, 0) is 36.6 Å². The molecule has 25 heavy (non-hydrogen) atoms. The number of hydrogen-bond acceptors (Lipinski definition) is 4. The van der Waals surface area contributed by atoms with Gasteiger partial charge in [0.2, 0.25) is 0 Å². The zero-order valence-corrected chi connectivity index (χ0v) is 13.4. The van der Waals surface area contributed by atoms with Crippen LogP contribution in [0.4, 0.5) is 10.1 Å². The summed E-state index contributed by atoms with van der Waals surface area (Å²) in [5.74, 6) is -0.817. The fourth-order valence-corrected chi connectivity index (χ4v) is 3.04. The van der Waals surface area contributed by atoms with Gasteiger partial charge in [0, 0.05) is 30.9 Å². The zero-order valence-electron chi connectivity index (χ0n) is 13.4. The summed E-state index contributed by atoms with van der Waals surface area (Å²) in [6.07, 6.45) is 0.994. The predicted octanol–water partition coefficient (Wildman–Crippen LogP) is 3.17. The number of halogens is 1. The lowest BCUT2D eigenvalue weighted by molar-refractivity contribution is -0.384. The summed E-state index contributed by atoms with van der Waals surface area (Å²) < 4.78 is 19.1. The zero-order chi connectivity index (χ0) is 17.9. The van der Waals surface area contributed by atoms with E-state index in [0.29, 0.717) is 31.6 Å². The molecule has 0 aliphatic carbocycles. The number of nitrogens with one attached hydrogen (secondary N) is 1. The maximum atomic E-state index is 13.7. The van der Waals surface area contributed by atoms with Crippen LogP contribution in [0.25, 0.3) is 0 Å². The van der Waals surface area contributed by atoms with Gasteiger partial charge in [-0.2, -0.15) is 0 Å². The first kappa shape index (κ1) is 17.0. The number of carbonyl (C=O) groups is 1. The highest BCUT2D eigenvalue weighted by atomic mass is 19.1. The number of benzene rings is 2. The third-order valence-corrected chi connectivity index (χ3v) is 4.40. The van der Waals surface area contributed by atoms with E-state index in [1.54, 1.807) is 12.1 Å². The number of hydrogen-bond donors (Lipinski definition) is 1. The molecule has 2 aromatic rings. The molecule has 3 rings (SSSR count). The molecule has 0 aromatic heterocycles. The Morgan fingerprint density at radius 3 is 2.56 bits per heavy atom. The summed E-state index contributed by atoms with van der Waals surface area (Å²) in [4.78, 5) is 23.0. The van der Waals surface area contributed by atoms with Crippen molar-refractivity contribution in [3.8, 4) is 0 Å². The summed E-state index contributed by atoms with van der Waals surface area (Å²) in [7, 11) is 0. The quantitative estimate of drug-likeness (QED) is 0.682. The predicted molar refractivity (Wildman–Crippen MR) is 88.7 cm³/mol. The molecule has 2 aromatic carbocycles. The minimum Gasteiger partial charge on any atom is -0.381 e. The molecule has 1 N–H and O–H groups in total. The first-order valence-corrected chi connectivity index (χ1v) is 7.91. The summed E-state index contributed by atoms with van der Waals surface area (Å²) in [5.41, 5.74) is -0.0623. The molecule has 7 heteroatoms. The molecule has 1 saturated heterocycles. The Labute approximate surface area is 143 Å². The van der Waals surface area contributed by atoms with Crippen molar-refractivity contribution >= 4 is 11.6 Å². The fraction of sp³-hybridized carbons (Fsp3) is 0.278. The molecule has 0 atom stereocenters. The van der Waals surface area contributed by atoms with Crippen LogP contribution >= 0.6 is 0 Å². The van der Waals surface area contributed by atoms with Crippen LogP contribution in [-0.4, -0.2) is 24.0 Å². The van der Waals surface area contributed by atoms with Gasteiger partial charge >= 0.3 is 0 Å². The summed E-state index contributed by atoms with van der Waals surface area (Å²) in [6.45, 7) is 0.872. The molecule has 6 nitrogen and oxygen atoms in total. The Morgan fingerprint density at radius 1 is 1.16 bits per heavy atom. The van der Waals surface area contributed by atoms with E-state index in [1.807, 2.05) is 0 Å². The van der Waals surface area contributed by atoms with E-state index in [2.05, 4.69) is 5.32 Å². The van der Waals surface area contributed by atoms with Crippen LogP contribution in [-0.2, 0) is 10.3 Å². The van der Waals surface area contributed by atoms with E-state index < -0.39 is 16.4 Å². The molecule has 1 amide bonds. The van der Waals surface area contributed by atoms with Crippen molar-refractivity contribution < 1.29 is 18.8 Å². The van der Waals surface area contributed by atoms with Crippen molar-refractivity contribution in [3.05, 3.63) is 75.6 Å². The number of nitro benzene ring substituents is 1. The smallest absolute Gasteiger partial charge is 0.270 e. The third-order valence-electron chi connectivity index (χ3n) is 4.40. The van der Waals surface area contributed by atoms with Crippen molar-refractivity contribution in [2.24, 2.45) is 0 Å². The number of carbonyl (C=O) groups excluding carboxylic acids is 1. The van der Waals surface area contributed by atoms with Crippen molar-refractivity contribution in [2.45, 2.75) is 18.4 Å². The van der Waals surface area contributed by atoms with E-state index in [-0.39, 0.29) is 17.1 Å². The Morgan fingerprint density at radius 2 is 1.88 bits per heavy atom. The number of ether oxygens (including phenoxy) is 1. The van der Waals surface area contributed by atoms with Gasteiger partial charge in [-0.25, -0.2) is 4.39 Å². The van der Waals surface area contributed by atoms with Gasteiger partial charge in [-0.3, -0.25) is 14.9 Å². The lowest BCUT2D eigenvalue weighted by atomic mass is 9.82. The SMILES string of the molecule is O=C(NC1(c2cccc(F)c2)CCOCC1)c1cccc([N+](=O)[O-])c1. The highest BCUT2D eigenvalue weighted by Gasteiger charge is 2.36. The van der Waals surface area contributed by atoms with E-state index in [0.717, 1.165) is 0 Å². The summed E-state index contributed by atoms with van der Waals surface area (Å²) in [6, 6.07) is 11.6. The van der Waals surface area contributed by atoms with Crippen molar-refractivity contribution in [1.82, 2.24) is 5.32 Å². The van der Waals surface area contributed by atoms with E-state index >= 15 is 0 Å². The van der Waals surface area contributed by atoms with E-state index in [9.17, 15) is 19.3 Å². The van der Waals surface area contributed by atoms with Crippen molar-refractivity contribution in [3.63, 3.8) is 0 Å². The lowest BCUT2D eigenvalue weighted by Gasteiger charge is -2.38. The topological polar surface area (TPSA) is 81.5 Å². The maximum Gasteiger partial charge on any atom is 0.270 e. The molecular weight excluding hydrogens is 327 g/mol. The van der Waals surface area contributed by atoms with Gasteiger partial charge in [0.05, 0.1) is 10.5 Å². The molecular formula is C18H17FN2O4. The Kier molecular flexibility index (Phi) is 4.76. The van der Waals surface area contributed by atoms with Gasteiger partial charge in [-0.1, -0.05) is 18.2 Å². The molecule has 1 heterocycles. The van der Waals surface area contributed by atoms with Crippen LogP contribution in [0.1, 0.15) is 28.8 Å². The molecule has 0 spiro atoms. The van der Waals surface area contributed by atoms with Crippen LogP contribution < -0.4 is 5.32 Å². The normalized spacial score (nSPS) is 16.2. The second kappa shape index (κ2) is 6.98. The molecule has 0 unspecified atom stereocenters. The Balaban J connectivity index is 1.92. The van der Waals surface area contributed by atoms with Crippen LogP contribution in [0, 0.1) is 15.9 Å². The second-order valence-corrected chi connectivity index (χ2v) is 5.97. The minimum absolute atomic E-state index is 0.153. The average molecular weight is 344 g/mol. The van der Waals surface area contributed by atoms with Crippen LogP contribution in [0.3, 0.4) is 0 Å². The number of amides is 1. The van der Waals surface area contributed by atoms with Crippen LogP contribution in [0.5, 0.6) is 0 Å². The molecule has 0 bridgehead atoms. The number of non-ortho nitro benzene ring substituents is 1. The van der Waals surface area contributed by atoms with Gasteiger partial charge in [0.25, 0.3) is 11.6 Å². The van der Waals surface area contributed by atoms with Gasteiger partial charge < -0.3 is 10.1 Å². The molecule has 130 valence electrons. The Bertz CT molecular complexity index is 803. The first-order valence-electron chi connectivity index (χ1n) is 7.91. The minimum atomic E-state index is -0.762. The third kappa shape index (κ3) is 3.66. The fourth-order valence-electron chi connectivity index (χ4n) is 3.04. The monoisotopic (exact) mass is 344 g/mol. The largest absolute Gasteiger partial charge is 0.381 e. The highest BCUT2D eigenvalue weighted by molar-refractivity contribution is 5.95. The second-order valence-electron chi connectivity index (χ2n) is 5.97. The van der Waals surface area contributed by atoms with Gasteiger partial charge in [0.1, 0.15) is 5.82 Å². The summed E-state index contributed by atoms with van der Waals surface area (Å²) in [5, 5.41) is 13.9. The van der Waals surface area contributed by atoms with E-state index in [1.165, 1.54) is 36.4 Å². The average Bonchev–Trinajstić information content (AvgIpc) is 2.62. The number of rotatable bonds is 4. The Hall–Kier alpha value is -2.80. The number of nitro groups is 1. The van der Waals surface area contributed by atoms with Crippen molar-refractivity contribution in [1.29, 1.82) is 0 Å². The van der Waals surface area contributed by atoms with Crippen LogP contribution in [0.15, 0.2) is 48.5 Å². The number of nitrogens with zero attached hydrogens (tertiary/aromatic N) is 1.